The lowest BCUT2D eigenvalue weighted by molar-refractivity contribution is -0.118. The van der Waals surface area contributed by atoms with Gasteiger partial charge in [-0.1, -0.05) is 47.2 Å². The average Bonchev–Trinajstić information content (AvgIpc) is 3.26. The zero-order valence-electron chi connectivity index (χ0n) is 17.2. The van der Waals surface area contributed by atoms with E-state index in [2.05, 4.69) is 15.4 Å². The molecule has 1 heterocycles. The highest BCUT2D eigenvalue weighted by Crippen LogP contribution is 2.46. The van der Waals surface area contributed by atoms with E-state index in [-0.39, 0.29) is 31.1 Å². The minimum Gasteiger partial charge on any atom is -0.382 e. The summed E-state index contributed by atoms with van der Waals surface area (Å²) in [5.41, 5.74) is 7.24. The van der Waals surface area contributed by atoms with Gasteiger partial charge in [-0.05, 0) is 31.7 Å². The van der Waals surface area contributed by atoms with Crippen molar-refractivity contribution in [3.63, 3.8) is 0 Å². The summed E-state index contributed by atoms with van der Waals surface area (Å²) >= 11 is 6.99. The first-order chi connectivity index (χ1) is 14.6. The summed E-state index contributed by atoms with van der Waals surface area (Å²) in [7, 11) is 0. The Morgan fingerprint density at radius 1 is 1.39 bits per heavy atom. The van der Waals surface area contributed by atoms with Crippen LogP contribution in [0, 0.1) is 5.92 Å². The maximum absolute atomic E-state index is 13.9. The number of nitrogens with two attached hydrogens (primary N) is 2. The molecule has 1 amide bonds. The molecule has 2 unspecified atom stereocenters. The second kappa shape index (κ2) is 9.46. The highest BCUT2D eigenvalue weighted by Gasteiger charge is 2.45. The van der Waals surface area contributed by atoms with Crippen molar-refractivity contribution < 1.29 is 13.6 Å². The monoisotopic (exact) mass is 470 g/mol. The predicted octanol–water partition coefficient (Wildman–Crippen LogP) is 4.16. The van der Waals surface area contributed by atoms with E-state index >= 15 is 0 Å². The summed E-state index contributed by atoms with van der Waals surface area (Å²) in [5, 5.41) is 8.41. The quantitative estimate of drug-likeness (QED) is 0.243. The van der Waals surface area contributed by atoms with Gasteiger partial charge in [0.05, 0.1) is 18.2 Å². The molecule has 1 aliphatic carbocycles. The molecule has 3 rings (SSSR count). The highest BCUT2D eigenvalue weighted by atomic mass is 35.5. The van der Waals surface area contributed by atoms with Crippen molar-refractivity contribution in [2.24, 2.45) is 22.6 Å². The number of thiazole rings is 1. The van der Waals surface area contributed by atoms with Crippen molar-refractivity contribution in [1.29, 1.82) is 0 Å². The molecule has 168 valence electrons. The van der Waals surface area contributed by atoms with Gasteiger partial charge in [-0.2, -0.15) is 0 Å². The molecule has 5 N–H and O–H groups in total. The van der Waals surface area contributed by atoms with Crippen LogP contribution in [-0.4, -0.2) is 33.8 Å². The summed E-state index contributed by atoms with van der Waals surface area (Å²) in [6.45, 7) is 3.74. The van der Waals surface area contributed by atoms with Crippen molar-refractivity contribution >= 4 is 39.8 Å². The summed E-state index contributed by atoms with van der Waals surface area (Å²) in [6.07, 6.45) is 1.11. The number of hydrazine groups is 1. The molecule has 1 aromatic heterocycles. The van der Waals surface area contributed by atoms with Crippen LogP contribution in [0.15, 0.2) is 35.6 Å². The molecular formula is C20H25ClF2N6OS. The van der Waals surface area contributed by atoms with Crippen molar-refractivity contribution in [2.45, 2.75) is 51.0 Å². The fourth-order valence-corrected chi connectivity index (χ4v) is 4.38. The highest BCUT2D eigenvalue weighted by molar-refractivity contribution is 7.19. The molecule has 0 spiro atoms. The normalized spacial score (nSPS) is 19.5. The van der Waals surface area contributed by atoms with Crippen LogP contribution in [-0.2, 0) is 4.79 Å². The summed E-state index contributed by atoms with van der Waals surface area (Å²) in [4.78, 5) is 17.1. The van der Waals surface area contributed by atoms with E-state index in [1.54, 1.807) is 24.3 Å². The number of halogens is 3. The lowest BCUT2D eigenvalue weighted by Crippen LogP contribution is -2.35. The minimum absolute atomic E-state index is 0.0331. The van der Waals surface area contributed by atoms with E-state index in [1.165, 1.54) is 11.3 Å². The van der Waals surface area contributed by atoms with Crippen LogP contribution in [0.2, 0.25) is 4.34 Å². The number of hydrazone groups is 1. The first-order valence-electron chi connectivity index (χ1n) is 9.84. The number of rotatable bonds is 7. The van der Waals surface area contributed by atoms with Crippen LogP contribution in [0.5, 0.6) is 0 Å². The van der Waals surface area contributed by atoms with Crippen LogP contribution in [0.3, 0.4) is 0 Å². The number of aromatic nitrogens is 1. The maximum atomic E-state index is 13.9. The van der Waals surface area contributed by atoms with Crippen molar-refractivity contribution in [1.82, 2.24) is 10.1 Å². The van der Waals surface area contributed by atoms with E-state index < -0.39 is 23.7 Å². The van der Waals surface area contributed by atoms with Crippen LogP contribution in [0.1, 0.15) is 50.2 Å². The smallest absolute Gasteiger partial charge is 0.248 e. The van der Waals surface area contributed by atoms with Crippen molar-refractivity contribution in [3.8, 4) is 0 Å². The SMILES string of the molecule is CC(C)N(N)/N=C(\N)c1ccc(C(C(=O)Nc2ncc(Cl)s2)C2CCC(F)(F)C2)cc1. The van der Waals surface area contributed by atoms with Gasteiger partial charge in [-0.15, -0.1) is 5.10 Å². The van der Waals surface area contributed by atoms with Crippen LogP contribution < -0.4 is 16.9 Å². The molecule has 1 aromatic carbocycles. The Morgan fingerprint density at radius 2 is 2.06 bits per heavy atom. The number of amidine groups is 1. The molecule has 0 radical (unpaired) electrons. The Morgan fingerprint density at radius 3 is 2.58 bits per heavy atom. The number of amides is 1. The number of hydrogen-bond donors (Lipinski definition) is 3. The van der Waals surface area contributed by atoms with Crippen molar-refractivity contribution in [3.05, 3.63) is 45.9 Å². The maximum Gasteiger partial charge on any atom is 0.248 e. The van der Waals surface area contributed by atoms with Gasteiger partial charge in [-0.25, -0.2) is 24.7 Å². The standard InChI is InChI=1S/C20H25ClF2N6OS/c1-11(2)29(25)28-17(24)13-5-3-12(4-6-13)16(14-7-8-20(22,23)9-14)18(30)27-19-26-10-15(21)31-19/h3-6,10-11,14,16H,7-9,25H2,1-2H3,(H2,24,28)(H,26,27,30). The topological polar surface area (TPSA) is 110 Å². The zero-order valence-corrected chi connectivity index (χ0v) is 18.8. The van der Waals surface area contributed by atoms with Gasteiger partial charge in [0.1, 0.15) is 4.34 Å². The van der Waals surface area contributed by atoms with E-state index in [1.807, 2.05) is 13.8 Å². The Hall–Kier alpha value is -2.30. The molecule has 31 heavy (non-hydrogen) atoms. The molecule has 1 saturated carbocycles. The Bertz CT molecular complexity index is 949. The molecule has 7 nitrogen and oxygen atoms in total. The molecule has 11 heteroatoms. The van der Waals surface area contributed by atoms with Gasteiger partial charge >= 0.3 is 0 Å². The Labute approximate surface area is 188 Å². The first-order valence-corrected chi connectivity index (χ1v) is 11.0. The number of nitrogens with one attached hydrogen (secondary N) is 1. The van der Waals surface area contributed by atoms with Crippen LogP contribution >= 0.6 is 22.9 Å². The van der Waals surface area contributed by atoms with Gasteiger partial charge in [0.25, 0.3) is 0 Å². The number of hydrogen-bond acceptors (Lipinski definition) is 6. The third-order valence-electron chi connectivity index (χ3n) is 5.22. The summed E-state index contributed by atoms with van der Waals surface area (Å²) < 4.78 is 28.2. The molecule has 1 fully saturated rings. The van der Waals surface area contributed by atoms with Gasteiger partial charge < -0.3 is 11.1 Å². The molecule has 0 aliphatic heterocycles. The summed E-state index contributed by atoms with van der Waals surface area (Å²) in [6, 6.07) is 6.80. The largest absolute Gasteiger partial charge is 0.382 e. The summed E-state index contributed by atoms with van der Waals surface area (Å²) in [5.74, 6) is 1.58. The van der Waals surface area contributed by atoms with E-state index in [0.29, 0.717) is 20.6 Å². The van der Waals surface area contributed by atoms with Gasteiger partial charge in [0, 0.05) is 18.4 Å². The molecule has 2 aromatic rings. The zero-order chi connectivity index (χ0) is 22.8. The average molecular weight is 471 g/mol. The number of carbonyl (C=O) groups is 1. The second-order valence-electron chi connectivity index (χ2n) is 7.88. The third kappa shape index (κ3) is 5.90. The van der Waals surface area contributed by atoms with Crippen molar-refractivity contribution in [2.75, 3.05) is 5.32 Å². The second-order valence-corrected chi connectivity index (χ2v) is 9.54. The number of anilines is 1. The van der Waals surface area contributed by atoms with E-state index in [9.17, 15) is 13.6 Å². The lowest BCUT2D eigenvalue weighted by atomic mass is 9.83. The Kier molecular flexibility index (Phi) is 7.13. The first kappa shape index (κ1) is 23.4. The fourth-order valence-electron chi connectivity index (χ4n) is 3.56. The number of carbonyl (C=O) groups excluding carboxylic acids is 1. The number of benzene rings is 1. The van der Waals surface area contributed by atoms with Gasteiger partial charge in [0.2, 0.25) is 11.8 Å². The molecule has 2 atom stereocenters. The minimum atomic E-state index is -2.77. The van der Waals surface area contributed by atoms with Crippen LogP contribution in [0.4, 0.5) is 13.9 Å². The molecule has 0 bridgehead atoms. The fraction of sp³-hybridized carbons (Fsp3) is 0.450. The number of alkyl halides is 2. The Balaban J connectivity index is 1.85. The number of nitrogens with zero attached hydrogens (tertiary/aromatic N) is 3. The predicted molar refractivity (Wildman–Crippen MR) is 119 cm³/mol. The molecular weight excluding hydrogens is 446 g/mol. The molecule has 1 aliphatic rings. The van der Waals surface area contributed by atoms with E-state index in [4.69, 9.17) is 23.2 Å². The van der Waals surface area contributed by atoms with Gasteiger partial charge in [-0.3, -0.25) is 4.79 Å². The van der Waals surface area contributed by atoms with Gasteiger partial charge in [0.15, 0.2) is 11.0 Å². The lowest BCUT2D eigenvalue weighted by Gasteiger charge is -2.23. The van der Waals surface area contributed by atoms with Crippen LogP contribution in [0.25, 0.3) is 0 Å². The third-order valence-corrected chi connectivity index (χ3v) is 6.25. The molecule has 0 saturated heterocycles. The van der Waals surface area contributed by atoms with E-state index in [0.717, 1.165) is 11.3 Å².